The topological polar surface area (TPSA) is 83.0 Å². The number of anilines is 1. The van der Waals surface area contributed by atoms with E-state index < -0.39 is 12.2 Å². The van der Waals surface area contributed by atoms with Gasteiger partial charge >= 0.3 is 0 Å². The molecule has 1 saturated heterocycles. The number of halogens is 2. The lowest BCUT2D eigenvalue weighted by Gasteiger charge is -2.19. The lowest BCUT2D eigenvalue weighted by Crippen LogP contribution is -2.35. The van der Waals surface area contributed by atoms with Crippen LogP contribution in [0.25, 0.3) is 0 Å². The van der Waals surface area contributed by atoms with Gasteiger partial charge in [-0.1, -0.05) is 6.07 Å². The Balaban J connectivity index is 0.00000200. The number of hydrogen-bond acceptors (Lipinski definition) is 4. The van der Waals surface area contributed by atoms with Crippen molar-refractivity contribution in [2.75, 3.05) is 12.3 Å². The fraction of sp³-hybridized carbons (Fsp3) is 0.462. The minimum absolute atomic E-state index is 0. The summed E-state index contributed by atoms with van der Waals surface area (Å²) in [6, 6.07) is 4.87. The van der Waals surface area contributed by atoms with Crippen LogP contribution in [0.15, 0.2) is 18.3 Å². The molecule has 2 heterocycles. The number of carbonyl (C=O) groups excluding carboxylic acids is 1. The first-order valence-electron chi connectivity index (χ1n) is 6.14. The number of amides is 1. The molecular weight excluding hydrogens is 283 g/mol. The van der Waals surface area contributed by atoms with Crippen molar-refractivity contribution in [2.45, 2.75) is 31.5 Å². The molecule has 0 unspecified atom stereocenters. The molecule has 2 N–H and O–H groups in total. The first-order valence-corrected chi connectivity index (χ1v) is 6.14. The summed E-state index contributed by atoms with van der Waals surface area (Å²) >= 11 is 0. The van der Waals surface area contributed by atoms with Gasteiger partial charge in [-0.15, -0.1) is 12.4 Å². The van der Waals surface area contributed by atoms with Gasteiger partial charge in [0.2, 0.25) is 5.91 Å². The lowest BCUT2D eigenvalue weighted by atomic mass is 10.1. The highest BCUT2D eigenvalue weighted by atomic mass is 35.5. The van der Waals surface area contributed by atoms with Gasteiger partial charge < -0.3 is 10.6 Å². The molecule has 0 saturated carbocycles. The minimum Gasteiger partial charge on any atom is -0.383 e. The summed E-state index contributed by atoms with van der Waals surface area (Å²) in [5, 5.41) is 8.89. The molecule has 0 bridgehead atoms. The minimum atomic E-state index is -1.10. The first kappa shape index (κ1) is 16.2. The number of likely N-dealkylation sites (tertiary alicyclic amines) is 1. The van der Waals surface area contributed by atoms with Crippen LogP contribution in [-0.2, 0) is 11.2 Å². The number of nitrogens with zero attached hydrogens (tertiary/aromatic N) is 3. The molecule has 7 heteroatoms. The highest BCUT2D eigenvalue weighted by Gasteiger charge is 2.34. The van der Waals surface area contributed by atoms with Crippen LogP contribution in [0.3, 0.4) is 0 Å². The van der Waals surface area contributed by atoms with Gasteiger partial charge in [0.05, 0.1) is 12.6 Å². The summed E-state index contributed by atoms with van der Waals surface area (Å²) in [6.07, 6.45) is 1.25. The van der Waals surface area contributed by atoms with Gasteiger partial charge in [-0.25, -0.2) is 9.37 Å². The van der Waals surface area contributed by atoms with Crippen molar-refractivity contribution in [3.63, 3.8) is 0 Å². The van der Waals surface area contributed by atoms with Gasteiger partial charge in [-0.05, 0) is 18.1 Å². The molecular formula is C13H16ClFN4O. The normalized spacial score (nSPS) is 21.1. The van der Waals surface area contributed by atoms with Gasteiger partial charge in [0.25, 0.3) is 0 Å². The maximum absolute atomic E-state index is 13.2. The second-order valence-electron chi connectivity index (χ2n) is 4.57. The monoisotopic (exact) mass is 298 g/mol. The molecule has 0 aromatic carbocycles. The third-order valence-electron chi connectivity index (χ3n) is 3.25. The van der Waals surface area contributed by atoms with Gasteiger partial charge in [0.15, 0.2) is 0 Å². The first-order chi connectivity index (χ1) is 9.11. The molecule has 2 atom stereocenters. The van der Waals surface area contributed by atoms with E-state index in [9.17, 15) is 9.18 Å². The average molecular weight is 299 g/mol. The van der Waals surface area contributed by atoms with E-state index in [-0.39, 0.29) is 37.7 Å². The van der Waals surface area contributed by atoms with Crippen LogP contribution in [0.1, 0.15) is 18.4 Å². The molecule has 0 aliphatic carbocycles. The van der Waals surface area contributed by atoms with E-state index in [1.54, 1.807) is 18.3 Å². The summed E-state index contributed by atoms with van der Waals surface area (Å²) in [6.45, 7) is 0.0135. The third-order valence-corrected chi connectivity index (χ3v) is 3.25. The quantitative estimate of drug-likeness (QED) is 0.916. The number of carbonyl (C=O) groups is 1. The number of hydrogen-bond donors (Lipinski definition) is 1. The zero-order chi connectivity index (χ0) is 13.8. The summed E-state index contributed by atoms with van der Waals surface area (Å²) in [7, 11) is 0. The maximum Gasteiger partial charge on any atom is 0.224 e. The van der Waals surface area contributed by atoms with Crippen LogP contribution in [-0.4, -0.2) is 34.5 Å². The van der Waals surface area contributed by atoms with E-state index in [0.717, 1.165) is 5.56 Å². The van der Waals surface area contributed by atoms with Gasteiger partial charge in [0.1, 0.15) is 18.0 Å². The average Bonchev–Trinajstić information content (AvgIpc) is 2.79. The molecule has 1 fully saturated rings. The molecule has 1 aliphatic rings. The predicted octanol–water partition coefficient (Wildman–Crippen LogP) is 1.48. The van der Waals surface area contributed by atoms with Crippen LogP contribution in [0.4, 0.5) is 10.2 Å². The number of nitriles is 1. The third kappa shape index (κ3) is 3.58. The van der Waals surface area contributed by atoms with Crippen molar-refractivity contribution in [2.24, 2.45) is 0 Å². The standard InChI is InChI=1S/C13H15FN4O.ClH/c14-10-6-11(7-15)18(8-10)12(19)4-3-9-2-1-5-17-13(9)16;/h1-2,5,10-11H,3-4,6,8H2,(H2,16,17);1H/t10-,11-;/m0./s1. The van der Waals surface area contributed by atoms with Crippen LogP contribution >= 0.6 is 12.4 Å². The second kappa shape index (κ2) is 7.06. The Kier molecular flexibility index (Phi) is 5.71. The predicted molar refractivity (Wildman–Crippen MR) is 74.8 cm³/mol. The Morgan fingerprint density at radius 1 is 1.65 bits per heavy atom. The van der Waals surface area contributed by atoms with E-state index in [1.807, 2.05) is 6.07 Å². The van der Waals surface area contributed by atoms with Crippen molar-refractivity contribution in [3.05, 3.63) is 23.9 Å². The number of alkyl halides is 1. The molecule has 5 nitrogen and oxygen atoms in total. The van der Waals surface area contributed by atoms with Crippen LogP contribution in [0, 0.1) is 11.3 Å². The molecule has 1 amide bonds. The molecule has 0 spiro atoms. The van der Waals surface area contributed by atoms with E-state index >= 15 is 0 Å². The fourth-order valence-corrected chi connectivity index (χ4v) is 2.23. The molecule has 2 rings (SSSR count). The van der Waals surface area contributed by atoms with E-state index in [4.69, 9.17) is 11.0 Å². The van der Waals surface area contributed by atoms with Crippen molar-refractivity contribution in [1.82, 2.24) is 9.88 Å². The summed E-state index contributed by atoms with van der Waals surface area (Å²) in [5.74, 6) is 0.187. The lowest BCUT2D eigenvalue weighted by molar-refractivity contribution is -0.131. The van der Waals surface area contributed by atoms with Crippen molar-refractivity contribution < 1.29 is 9.18 Å². The number of aromatic nitrogens is 1. The fourth-order valence-electron chi connectivity index (χ4n) is 2.23. The summed E-state index contributed by atoms with van der Waals surface area (Å²) < 4.78 is 13.2. The zero-order valence-corrected chi connectivity index (χ0v) is 11.6. The van der Waals surface area contributed by atoms with Crippen LogP contribution in [0.5, 0.6) is 0 Å². The second-order valence-corrected chi connectivity index (χ2v) is 4.57. The Morgan fingerprint density at radius 3 is 3.05 bits per heavy atom. The molecule has 108 valence electrons. The van der Waals surface area contributed by atoms with Gasteiger partial charge in [-0.3, -0.25) is 4.79 Å². The molecule has 1 aromatic rings. The van der Waals surface area contributed by atoms with E-state index in [2.05, 4.69) is 4.98 Å². The highest BCUT2D eigenvalue weighted by molar-refractivity contribution is 5.85. The smallest absolute Gasteiger partial charge is 0.224 e. The summed E-state index contributed by atoms with van der Waals surface area (Å²) in [5.41, 5.74) is 6.48. The number of nitrogen functional groups attached to an aromatic ring is 1. The van der Waals surface area contributed by atoms with Crippen molar-refractivity contribution in [3.8, 4) is 6.07 Å². The SMILES string of the molecule is Cl.N#C[C@@H]1C[C@H](F)CN1C(=O)CCc1cccnc1N. The largest absolute Gasteiger partial charge is 0.383 e. The highest BCUT2D eigenvalue weighted by Crippen LogP contribution is 2.21. The van der Waals surface area contributed by atoms with Crippen LogP contribution in [0.2, 0.25) is 0 Å². The number of pyridine rings is 1. The van der Waals surface area contributed by atoms with E-state index in [1.165, 1.54) is 4.90 Å². The van der Waals surface area contributed by atoms with Crippen molar-refractivity contribution >= 4 is 24.1 Å². The molecule has 1 aromatic heterocycles. The molecule has 0 radical (unpaired) electrons. The maximum atomic E-state index is 13.2. The Morgan fingerprint density at radius 2 is 2.40 bits per heavy atom. The Bertz CT molecular complexity index is 519. The number of rotatable bonds is 3. The van der Waals surface area contributed by atoms with Gasteiger partial charge in [0, 0.05) is 19.0 Å². The zero-order valence-electron chi connectivity index (χ0n) is 10.8. The Labute approximate surface area is 123 Å². The molecule has 1 aliphatic heterocycles. The van der Waals surface area contributed by atoms with Crippen LogP contribution < -0.4 is 5.73 Å². The number of nitrogens with two attached hydrogens (primary N) is 1. The Hall–Kier alpha value is -1.87. The number of aryl methyl sites for hydroxylation is 1. The summed E-state index contributed by atoms with van der Waals surface area (Å²) in [4.78, 5) is 17.2. The molecule has 20 heavy (non-hydrogen) atoms. The van der Waals surface area contributed by atoms with Gasteiger partial charge in [-0.2, -0.15) is 5.26 Å². The van der Waals surface area contributed by atoms with Crippen molar-refractivity contribution in [1.29, 1.82) is 5.26 Å². The van der Waals surface area contributed by atoms with E-state index in [0.29, 0.717) is 12.2 Å².